The van der Waals surface area contributed by atoms with E-state index in [2.05, 4.69) is 65.7 Å². The van der Waals surface area contributed by atoms with Crippen LogP contribution < -0.4 is 10.1 Å². The van der Waals surface area contributed by atoms with E-state index in [1.807, 2.05) is 25.1 Å². The predicted molar refractivity (Wildman–Crippen MR) is 162 cm³/mol. The standard InChI is InChI=1S/C35H44N2O4/c1-24(23-38)36-35(40)32-13-7-6-12-31(32)28-17-15-26(16-18-28)21-37(25(2)27-9-4-3-5-10-27)22-30-20-19-29-11-8-14-33(39)34(29)41-30/h3-5,8-11,14-18,24-25,30-32,38-39H,6-7,12-13,19-23H2,1-2H3,(H,36,40)/t24-,25?,30?,31-,32+/m1/s1. The van der Waals surface area contributed by atoms with Crippen LogP contribution in [0.4, 0.5) is 0 Å². The van der Waals surface area contributed by atoms with E-state index in [-0.39, 0.29) is 48.3 Å². The highest BCUT2D eigenvalue weighted by Crippen LogP contribution is 2.39. The van der Waals surface area contributed by atoms with Crippen molar-refractivity contribution in [2.45, 2.75) is 83.0 Å². The highest BCUT2D eigenvalue weighted by molar-refractivity contribution is 5.80. The van der Waals surface area contributed by atoms with E-state index in [1.165, 1.54) is 16.7 Å². The number of rotatable bonds is 10. The third kappa shape index (κ3) is 7.11. The molecule has 5 rings (SSSR count). The summed E-state index contributed by atoms with van der Waals surface area (Å²) in [5.74, 6) is 1.04. The Morgan fingerprint density at radius 2 is 1.73 bits per heavy atom. The first-order valence-electron chi connectivity index (χ1n) is 15.2. The van der Waals surface area contributed by atoms with Gasteiger partial charge in [0.2, 0.25) is 5.91 Å². The van der Waals surface area contributed by atoms with E-state index < -0.39 is 0 Å². The first-order chi connectivity index (χ1) is 19.9. The van der Waals surface area contributed by atoms with Crippen molar-refractivity contribution in [2.24, 2.45) is 5.92 Å². The number of carbonyl (C=O) groups excluding carboxylic acids is 1. The smallest absolute Gasteiger partial charge is 0.224 e. The lowest BCUT2D eigenvalue weighted by atomic mass is 9.75. The van der Waals surface area contributed by atoms with Gasteiger partial charge in [-0.2, -0.15) is 0 Å². The van der Waals surface area contributed by atoms with E-state index in [0.717, 1.165) is 57.2 Å². The molecular formula is C35H44N2O4. The second-order valence-electron chi connectivity index (χ2n) is 11.9. The van der Waals surface area contributed by atoms with Crippen molar-refractivity contribution in [1.29, 1.82) is 0 Å². The van der Waals surface area contributed by atoms with Crippen LogP contribution in [0.15, 0.2) is 72.8 Å². The number of fused-ring (bicyclic) bond motifs is 1. The third-order valence-corrected chi connectivity index (χ3v) is 8.92. The fraction of sp³-hybridized carbons (Fsp3) is 0.457. The molecule has 3 N–H and O–H groups in total. The molecule has 0 aromatic heterocycles. The molecular weight excluding hydrogens is 512 g/mol. The predicted octanol–water partition coefficient (Wildman–Crippen LogP) is 6.12. The van der Waals surface area contributed by atoms with Crippen LogP contribution in [0, 0.1) is 5.92 Å². The molecule has 1 aliphatic carbocycles. The molecule has 1 fully saturated rings. The number of aliphatic hydroxyl groups excluding tert-OH is 1. The van der Waals surface area contributed by atoms with Gasteiger partial charge in [0.1, 0.15) is 6.10 Å². The molecule has 0 radical (unpaired) electrons. The van der Waals surface area contributed by atoms with Gasteiger partial charge in [0.25, 0.3) is 0 Å². The molecule has 6 nitrogen and oxygen atoms in total. The summed E-state index contributed by atoms with van der Waals surface area (Å²) >= 11 is 0. The first kappa shape index (κ1) is 29.2. The van der Waals surface area contributed by atoms with E-state index >= 15 is 0 Å². The number of ether oxygens (including phenoxy) is 1. The molecule has 0 spiro atoms. The second kappa shape index (κ2) is 13.5. The van der Waals surface area contributed by atoms with Crippen LogP contribution >= 0.6 is 0 Å². The molecule has 1 aliphatic heterocycles. The minimum Gasteiger partial charge on any atom is -0.504 e. The maximum atomic E-state index is 13.0. The number of phenolic OH excluding ortho intramolecular Hbond substituents is 1. The summed E-state index contributed by atoms with van der Waals surface area (Å²) in [6.45, 7) is 5.56. The molecule has 6 heteroatoms. The van der Waals surface area contributed by atoms with Crippen molar-refractivity contribution >= 4 is 5.91 Å². The fourth-order valence-electron chi connectivity index (χ4n) is 6.48. The second-order valence-corrected chi connectivity index (χ2v) is 11.9. The van der Waals surface area contributed by atoms with Gasteiger partial charge in [-0.3, -0.25) is 9.69 Å². The van der Waals surface area contributed by atoms with Gasteiger partial charge in [-0.1, -0.05) is 79.6 Å². The largest absolute Gasteiger partial charge is 0.504 e. The number of aliphatic hydroxyl groups is 1. The van der Waals surface area contributed by atoms with Crippen molar-refractivity contribution in [3.63, 3.8) is 0 Å². The molecule has 1 amide bonds. The topological polar surface area (TPSA) is 82.0 Å². The van der Waals surface area contributed by atoms with Gasteiger partial charge >= 0.3 is 0 Å². The molecule has 3 aromatic carbocycles. The highest BCUT2D eigenvalue weighted by atomic mass is 16.5. The molecule has 5 atom stereocenters. The first-order valence-corrected chi connectivity index (χ1v) is 15.2. The summed E-state index contributed by atoms with van der Waals surface area (Å²) in [6.07, 6.45) is 5.89. The number of carbonyl (C=O) groups is 1. The Morgan fingerprint density at radius 1 is 0.976 bits per heavy atom. The molecule has 2 unspecified atom stereocenters. The molecule has 218 valence electrons. The van der Waals surface area contributed by atoms with E-state index in [0.29, 0.717) is 5.75 Å². The van der Waals surface area contributed by atoms with Crippen LogP contribution in [0.1, 0.15) is 80.2 Å². The molecule has 1 saturated carbocycles. The summed E-state index contributed by atoms with van der Waals surface area (Å²) in [6, 6.07) is 25.0. The minimum atomic E-state index is -0.226. The molecule has 0 saturated heterocycles. The van der Waals surface area contributed by atoms with Gasteiger partial charge < -0.3 is 20.3 Å². The number of para-hydroxylation sites is 1. The lowest BCUT2D eigenvalue weighted by molar-refractivity contribution is -0.127. The van der Waals surface area contributed by atoms with Crippen LogP contribution in [-0.4, -0.2) is 46.3 Å². The Balaban J connectivity index is 1.32. The highest BCUT2D eigenvalue weighted by Gasteiger charge is 2.33. The van der Waals surface area contributed by atoms with Crippen LogP contribution in [0.3, 0.4) is 0 Å². The van der Waals surface area contributed by atoms with Gasteiger partial charge in [-0.15, -0.1) is 0 Å². The van der Waals surface area contributed by atoms with Gasteiger partial charge in [-0.05, 0) is 73.8 Å². The molecule has 2 aliphatic rings. The van der Waals surface area contributed by atoms with Crippen molar-refractivity contribution < 1.29 is 19.7 Å². The Labute approximate surface area is 244 Å². The molecule has 0 bridgehead atoms. The van der Waals surface area contributed by atoms with E-state index in [1.54, 1.807) is 6.07 Å². The Bertz CT molecular complexity index is 1280. The minimum absolute atomic E-state index is 0.0101. The van der Waals surface area contributed by atoms with Gasteiger partial charge in [0, 0.05) is 31.1 Å². The molecule has 1 heterocycles. The Hall–Kier alpha value is -3.35. The van der Waals surface area contributed by atoms with Crippen molar-refractivity contribution in [3.05, 3.63) is 95.1 Å². The SMILES string of the molecule is CC(c1ccccc1)N(Cc1ccc([C@H]2CCCC[C@@H]2C(=O)N[C@H](C)CO)cc1)CC1CCc2cccc(O)c2O1. The molecule has 41 heavy (non-hydrogen) atoms. The quantitative estimate of drug-likeness (QED) is 0.280. The summed E-state index contributed by atoms with van der Waals surface area (Å²) < 4.78 is 6.34. The maximum absolute atomic E-state index is 13.0. The average Bonchev–Trinajstić information content (AvgIpc) is 3.01. The third-order valence-electron chi connectivity index (χ3n) is 8.92. The maximum Gasteiger partial charge on any atom is 0.224 e. The van der Waals surface area contributed by atoms with E-state index in [4.69, 9.17) is 4.74 Å². The normalized spacial score (nSPS) is 21.9. The average molecular weight is 557 g/mol. The summed E-state index contributed by atoms with van der Waals surface area (Å²) in [4.78, 5) is 15.5. The van der Waals surface area contributed by atoms with Crippen LogP contribution in [-0.2, 0) is 17.8 Å². The van der Waals surface area contributed by atoms with Gasteiger partial charge in [-0.25, -0.2) is 0 Å². The monoisotopic (exact) mass is 556 g/mol. The van der Waals surface area contributed by atoms with Crippen LogP contribution in [0.25, 0.3) is 0 Å². The van der Waals surface area contributed by atoms with Gasteiger partial charge in [0.15, 0.2) is 11.5 Å². The van der Waals surface area contributed by atoms with Crippen LogP contribution in [0.5, 0.6) is 11.5 Å². The lowest BCUT2D eigenvalue weighted by Crippen LogP contribution is -2.41. The zero-order valence-electron chi connectivity index (χ0n) is 24.3. The van der Waals surface area contributed by atoms with Crippen molar-refractivity contribution in [2.75, 3.05) is 13.2 Å². The van der Waals surface area contributed by atoms with Gasteiger partial charge in [0.05, 0.1) is 6.61 Å². The summed E-state index contributed by atoms with van der Waals surface area (Å²) in [5, 5.41) is 22.8. The number of nitrogens with one attached hydrogen (secondary N) is 1. The Kier molecular flexibility index (Phi) is 9.63. The zero-order valence-corrected chi connectivity index (χ0v) is 24.3. The lowest BCUT2D eigenvalue weighted by Gasteiger charge is -2.35. The number of amides is 1. The summed E-state index contributed by atoms with van der Waals surface area (Å²) in [7, 11) is 0. The molecule has 3 aromatic rings. The number of hydrogen-bond donors (Lipinski definition) is 3. The number of aryl methyl sites for hydroxylation is 1. The van der Waals surface area contributed by atoms with Crippen molar-refractivity contribution in [3.8, 4) is 11.5 Å². The zero-order chi connectivity index (χ0) is 28.8. The number of benzene rings is 3. The number of aromatic hydroxyl groups is 1. The van der Waals surface area contributed by atoms with Crippen LogP contribution in [0.2, 0.25) is 0 Å². The summed E-state index contributed by atoms with van der Waals surface area (Å²) in [5.41, 5.74) is 4.77. The van der Waals surface area contributed by atoms with E-state index in [9.17, 15) is 15.0 Å². The number of phenols is 1. The number of hydrogen-bond acceptors (Lipinski definition) is 5. The fourth-order valence-corrected chi connectivity index (χ4v) is 6.48. The number of nitrogens with zero attached hydrogens (tertiary/aromatic N) is 1. The Morgan fingerprint density at radius 3 is 2.49 bits per heavy atom. The van der Waals surface area contributed by atoms with Crippen molar-refractivity contribution in [1.82, 2.24) is 10.2 Å².